The Kier molecular flexibility index (Phi) is 20.7. The Bertz CT molecular complexity index is 4080. The van der Waals surface area contributed by atoms with Crippen LogP contribution in [0.2, 0.25) is 57.4 Å². The van der Waals surface area contributed by atoms with E-state index in [0.717, 1.165) is 95.2 Å². The molecule has 8 aromatic carbocycles. The maximum atomic E-state index is 15.2. The van der Waals surface area contributed by atoms with Crippen LogP contribution in [0.15, 0.2) is 243 Å². The first-order valence-corrected chi connectivity index (χ1v) is 61.6. The molecule has 0 amide bonds. The van der Waals surface area contributed by atoms with Gasteiger partial charge in [0.15, 0.2) is 25.0 Å². The molecular formula is C78H98O17Si11. The van der Waals surface area contributed by atoms with E-state index in [1.165, 1.54) is 0 Å². The molecule has 0 spiro atoms. The predicted molar refractivity (Wildman–Crippen MR) is 430 cm³/mol. The lowest BCUT2D eigenvalue weighted by molar-refractivity contribution is 0.0469. The van der Waals surface area contributed by atoms with Crippen molar-refractivity contribution in [2.24, 2.45) is 17.8 Å². The van der Waals surface area contributed by atoms with Crippen molar-refractivity contribution in [3.05, 3.63) is 243 Å². The maximum absolute atomic E-state index is 15.2. The fourth-order valence-corrected chi connectivity index (χ4v) is 72.0. The van der Waals surface area contributed by atoms with Gasteiger partial charge in [-0.1, -0.05) is 262 Å². The number of benzene rings is 8. The summed E-state index contributed by atoms with van der Waals surface area (Å²) < 4.78 is 132. The van der Waals surface area contributed by atoms with Crippen molar-refractivity contribution in [2.75, 3.05) is 0 Å². The quantitative estimate of drug-likeness (QED) is 0.0472. The van der Waals surface area contributed by atoms with Gasteiger partial charge in [0.05, 0.1) is 36.6 Å². The van der Waals surface area contributed by atoms with E-state index in [-0.39, 0.29) is 0 Å². The zero-order valence-corrected chi connectivity index (χ0v) is 72.4. The Hall–Kier alpha value is -4.53. The summed E-state index contributed by atoms with van der Waals surface area (Å²) in [5.41, 5.74) is 0. The molecule has 0 aromatic heterocycles. The van der Waals surface area contributed by atoms with Crippen LogP contribution in [-0.4, -0.2) is 137 Å². The fourth-order valence-electron chi connectivity index (χ4n) is 16.9. The van der Waals surface area contributed by atoms with Crippen LogP contribution >= 0.6 is 0 Å². The van der Waals surface area contributed by atoms with Crippen LogP contribution in [0.25, 0.3) is 0 Å². The van der Waals surface area contributed by atoms with Crippen molar-refractivity contribution in [1.82, 2.24) is 0 Å². The predicted octanol–water partition coefficient (Wildman–Crippen LogP) is 10.5. The van der Waals surface area contributed by atoms with E-state index in [2.05, 4.69) is 39.3 Å². The average Bonchev–Trinajstić information content (AvgIpc) is 1.47. The first-order chi connectivity index (χ1) is 51.2. The van der Waals surface area contributed by atoms with Crippen molar-refractivity contribution in [2.45, 2.75) is 171 Å². The zero-order valence-electron chi connectivity index (χ0n) is 61.4. The molecule has 10 aliphatic rings. The first-order valence-electron chi connectivity index (χ1n) is 38.4. The van der Waals surface area contributed by atoms with Crippen LogP contribution in [0.1, 0.15) is 77.0 Å². The van der Waals surface area contributed by atoms with Gasteiger partial charge < -0.3 is 72.5 Å². The number of hydrogen-bond donors (Lipinski definition) is 1. The zero-order chi connectivity index (χ0) is 72.5. The highest BCUT2D eigenvalue weighted by atomic mass is 28.6. The van der Waals surface area contributed by atoms with E-state index in [9.17, 15) is 0 Å². The molecule has 17 nitrogen and oxygen atoms in total. The second-order valence-corrected chi connectivity index (χ2v) is 68.5. The van der Waals surface area contributed by atoms with Crippen molar-refractivity contribution < 1.29 is 72.5 Å². The number of hydrogen-bond acceptors (Lipinski definition) is 17. The standard InChI is InChI=1S/C78H98O17Si11/c1-96(2,56-53-62-47-50-73-76(59-62)80-73)83-100(66-33-17-8-18-34-66)88-103(69-39-23-11-24-40-69)86-99(79,65-31-15-7-16-32-65)87-104(89-100,70-41-25-12-26-42-70)95-106(72-45-29-14-30-46-72)91-101(67-35-19-9-20-36-67,84-97(3,4)57-54-63-48-51-74-77(60-63)81-74)90-105(94-103,71-43-27-13-28-44-71)92-102(93-106,68-37-21-10-22-38-68)85-98(5,6)58-55-64-49-52-75-78(61-64)82-75/h7-46,62-64,73-79H,47-61H2,1-6H3. The van der Waals surface area contributed by atoms with Crippen molar-refractivity contribution in [3.63, 3.8) is 0 Å². The summed E-state index contributed by atoms with van der Waals surface area (Å²) in [5, 5.41) is 4.00. The van der Waals surface area contributed by atoms with Gasteiger partial charge in [0, 0.05) is 41.5 Å². The topological polar surface area (TPSA) is 178 Å². The molecule has 0 radical (unpaired) electrons. The molecule has 18 rings (SSSR count). The summed E-state index contributed by atoms with van der Waals surface area (Å²) >= 11 is 0. The molecule has 106 heavy (non-hydrogen) atoms. The van der Waals surface area contributed by atoms with Crippen LogP contribution in [0, 0.1) is 17.8 Å². The molecule has 28 heteroatoms. The lowest BCUT2D eigenvalue weighted by Gasteiger charge is -2.57. The van der Waals surface area contributed by atoms with Gasteiger partial charge in [-0.05, 0) is 133 Å². The van der Waals surface area contributed by atoms with Gasteiger partial charge in [0.1, 0.15) is 0 Å². The molecule has 1 N–H and O–H groups in total. The van der Waals surface area contributed by atoms with Crippen LogP contribution in [-0.2, 0) is 67.7 Å². The molecule has 7 saturated heterocycles. The first kappa shape index (κ1) is 74.2. The summed E-state index contributed by atoms with van der Waals surface area (Å²) in [6.45, 7) is 13.6. The Morgan fingerprint density at radius 2 is 0.491 bits per heavy atom. The van der Waals surface area contributed by atoms with Crippen LogP contribution in [0.4, 0.5) is 0 Å². The highest BCUT2D eigenvalue weighted by Crippen LogP contribution is 2.49. The van der Waals surface area contributed by atoms with Gasteiger partial charge >= 0.3 is 70.4 Å². The molecule has 7 aliphatic heterocycles. The monoisotopic (exact) mass is 1610 g/mol. The minimum absolute atomic E-state index is 0.293. The van der Waals surface area contributed by atoms with E-state index in [0.29, 0.717) is 95.9 Å². The third-order valence-electron chi connectivity index (χ3n) is 22.8. The maximum Gasteiger partial charge on any atom is 0.520 e. The SMILES string of the molecule is C[Si](C)(CCC1CCC2OC2C1)O[Si]1(c2ccccc2)O[Si]2(c3ccccc3)O[Si](O)(c3ccccc3)O[Si](c3ccccc3)(O1)O[Si]1(c3ccccc3)O[Si](O[Si](C)(C)CCC3CCC4OC4C3)(c3ccccc3)O[Si](c3ccccc3)(O[Si](O[Si](C)(C)CCC3CCC4OC4C3)(c3ccccc3)O1)O2. The molecule has 11 atom stereocenters. The van der Waals surface area contributed by atoms with Crippen LogP contribution in [0.5, 0.6) is 0 Å². The third-order valence-corrected chi connectivity index (χ3v) is 67.0. The minimum Gasteiger partial charge on any atom is -0.413 e. The number of rotatable bonds is 23. The number of epoxide rings is 3. The highest BCUT2D eigenvalue weighted by molar-refractivity contribution is 7.11. The summed E-state index contributed by atoms with van der Waals surface area (Å²) in [6.07, 6.45) is 14.0. The fraction of sp³-hybridized carbons (Fsp3) is 0.385. The van der Waals surface area contributed by atoms with Crippen molar-refractivity contribution in [1.29, 1.82) is 0 Å². The van der Waals surface area contributed by atoms with E-state index in [1.807, 2.05) is 243 Å². The second-order valence-electron chi connectivity index (χ2n) is 32.3. The Balaban J connectivity index is 0.991. The highest BCUT2D eigenvalue weighted by Gasteiger charge is 2.81. The minimum atomic E-state index is -5.46. The summed E-state index contributed by atoms with van der Waals surface area (Å²) in [6, 6.07) is 80.9. The van der Waals surface area contributed by atoms with Gasteiger partial charge in [0.2, 0.25) is 0 Å². The summed E-state index contributed by atoms with van der Waals surface area (Å²) in [4.78, 5) is 15.2. The van der Waals surface area contributed by atoms with Crippen molar-refractivity contribution in [3.8, 4) is 0 Å². The third kappa shape index (κ3) is 15.6. The smallest absolute Gasteiger partial charge is 0.413 e. The number of ether oxygens (including phenoxy) is 3. The molecule has 556 valence electrons. The normalized spacial score (nSPS) is 35.6. The van der Waals surface area contributed by atoms with Gasteiger partial charge in [-0.15, -0.1) is 0 Å². The van der Waals surface area contributed by atoms with E-state index in [4.69, 9.17) is 67.7 Å². The lowest BCUT2D eigenvalue weighted by atomic mass is 9.88. The van der Waals surface area contributed by atoms with Crippen molar-refractivity contribution >= 4 is 137 Å². The second kappa shape index (κ2) is 29.5. The molecular weight excluding hydrogens is 1520 g/mol. The van der Waals surface area contributed by atoms with Gasteiger partial charge in [-0.2, -0.15) is 0 Å². The van der Waals surface area contributed by atoms with E-state index in [1.54, 1.807) is 0 Å². The Morgan fingerprint density at radius 3 is 0.726 bits per heavy atom. The average molecular weight is 1620 g/mol. The summed E-state index contributed by atoms with van der Waals surface area (Å²) in [7, 11) is -51.7. The van der Waals surface area contributed by atoms with Crippen LogP contribution < -0.4 is 41.5 Å². The van der Waals surface area contributed by atoms with Gasteiger partial charge in [0.25, 0.3) is 0 Å². The summed E-state index contributed by atoms with van der Waals surface area (Å²) in [5.74, 6) is 1.29. The van der Waals surface area contributed by atoms with Gasteiger partial charge in [-0.25, -0.2) is 0 Å². The molecule has 7 heterocycles. The molecule has 3 aliphatic carbocycles. The van der Waals surface area contributed by atoms with E-state index >= 15 is 4.80 Å². The number of fused-ring (bicyclic) bond motifs is 7. The Labute approximate surface area is 636 Å². The molecule has 3 saturated carbocycles. The molecule has 4 bridgehead atoms. The lowest BCUT2D eigenvalue weighted by Crippen LogP contribution is -2.90. The molecule has 8 aromatic rings. The van der Waals surface area contributed by atoms with E-state index < -0.39 is 95.4 Å². The Morgan fingerprint density at radius 1 is 0.274 bits per heavy atom. The molecule has 10 fully saturated rings. The van der Waals surface area contributed by atoms with Crippen LogP contribution in [0.3, 0.4) is 0 Å². The molecule has 11 unspecified atom stereocenters. The van der Waals surface area contributed by atoms with Gasteiger partial charge in [-0.3, -0.25) is 0 Å². The largest absolute Gasteiger partial charge is 0.520 e.